The summed E-state index contributed by atoms with van der Waals surface area (Å²) in [5.74, 6) is -0.101. The van der Waals surface area contributed by atoms with Crippen molar-refractivity contribution in [3.8, 4) is 0 Å². The maximum absolute atomic E-state index is 12.7. The third-order valence-electron chi connectivity index (χ3n) is 5.96. The minimum Gasteiger partial charge on any atom is -0.444 e. The Morgan fingerprint density at radius 1 is 1.06 bits per heavy atom. The van der Waals surface area contributed by atoms with Crippen LogP contribution < -0.4 is 10.6 Å². The van der Waals surface area contributed by atoms with E-state index < -0.39 is 5.60 Å². The number of hydrogen-bond acceptors (Lipinski definition) is 4. The van der Waals surface area contributed by atoms with Gasteiger partial charge in [-0.3, -0.25) is 9.69 Å². The Balaban J connectivity index is 1.36. The van der Waals surface area contributed by atoms with E-state index in [4.69, 9.17) is 4.74 Å². The molecule has 2 amide bonds. The molecule has 2 aromatic carbocycles. The Bertz CT molecular complexity index is 1040. The van der Waals surface area contributed by atoms with Crippen molar-refractivity contribution in [1.82, 2.24) is 15.5 Å². The van der Waals surface area contributed by atoms with Gasteiger partial charge in [-0.1, -0.05) is 42.0 Å². The van der Waals surface area contributed by atoms with E-state index in [-0.39, 0.29) is 12.0 Å². The zero-order valence-electron chi connectivity index (χ0n) is 19.7. The van der Waals surface area contributed by atoms with Gasteiger partial charge in [0, 0.05) is 18.7 Å². The second-order valence-electron chi connectivity index (χ2n) is 9.75. The molecule has 0 spiro atoms. The number of amides is 2. The Hall–Kier alpha value is -3.12. The minimum absolute atomic E-state index is 0.101. The van der Waals surface area contributed by atoms with Crippen molar-refractivity contribution in [3.63, 3.8) is 0 Å². The molecule has 0 bridgehead atoms. The average molecular weight is 448 g/mol. The second kappa shape index (κ2) is 9.79. The van der Waals surface area contributed by atoms with Crippen molar-refractivity contribution in [2.24, 2.45) is 0 Å². The zero-order chi connectivity index (χ0) is 23.4. The third-order valence-corrected chi connectivity index (χ3v) is 5.96. The molecule has 0 saturated carbocycles. The van der Waals surface area contributed by atoms with Crippen LogP contribution in [-0.2, 0) is 24.4 Å². The van der Waals surface area contributed by atoms with Gasteiger partial charge in [0.25, 0.3) is 5.91 Å². The van der Waals surface area contributed by atoms with E-state index in [0.29, 0.717) is 25.2 Å². The van der Waals surface area contributed by atoms with Gasteiger partial charge in [0.2, 0.25) is 0 Å². The van der Waals surface area contributed by atoms with Gasteiger partial charge in [-0.25, -0.2) is 4.79 Å². The molecule has 174 valence electrons. The molecule has 4 rings (SSSR count). The lowest BCUT2D eigenvalue weighted by Gasteiger charge is -2.24. The predicted molar refractivity (Wildman–Crippen MR) is 130 cm³/mol. The molecule has 2 N–H and O–H groups in total. The molecule has 2 aliphatic rings. The second-order valence-corrected chi connectivity index (χ2v) is 9.75. The Labute approximate surface area is 196 Å². The van der Waals surface area contributed by atoms with Crippen LogP contribution in [0.5, 0.6) is 0 Å². The van der Waals surface area contributed by atoms with Crippen LogP contribution in [0, 0.1) is 0 Å². The molecule has 1 fully saturated rings. The quantitative estimate of drug-likeness (QED) is 0.717. The van der Waals surface area contributed by atoms with Crippen molar-refractivity contribution in [3.05, 3.63) is 75.9 Å². The average Bonchev–Trinajstić information content (AvgIpc) is 3.23. The number of rotatable bonds is 4. The number of hydrogen-bond donors (Lipinski definition) is 2. The number of piperidine rings is 1. The number of ether oxygens (including phenoxy) is 1. The summed E-state index contributed by atoms with van der Waals surface area (Å²) >= 11 is 0. The van der Waals surface area contributed by atoms with E-state index >= 15 is 0 Å². The Morgan fingerprint density at radius 3 is 2.48 bits per heavy atom. The SMILES string of the molecule is CC(C)(C)OC(=O)N1Cc2cccc(CNC(=O)c3ccc(C=C4CCNCC4)cc3)c2C1. The summed E-state index contributed by atoms with van der Waals surface area (Å²) in [6, 6.07) is 13.8. The van der Waals surface area contributed by atoms with Crippen LogP contribution in [0.4, 0.5) is 4.79 Å². The smallest absolute Gasteiger partial charge is 0.410 e. The number of carbonyl (C=O) groups is 2. The highest BCUT2D eigenvalue weighted by Crippen LogP contribution is 2.27. The standard InChI is InChI=1S/C27H33N3O3/c1-27(2,3)33-26(32)30-17-23-6-4-5-22(24(23)18-30)16-29-25(31)21-9-7-19(8-10-21)15-20-11-13-28-14-12-20/h4-10,15,28H,11-14,16-18H2,1-3H3,(H,29,31). The largest absolute Gasteiger partial charge is 0.444 e. The molecule has 2 aliphatic heterocycles. The summed E-state index contributed by atoms with van der Waals surface area (Å²) in [6.45, 7) is 9.11. The van der Waals surface area contributed by atoms with Crippen molar-refractivity contribution in [2.45, 2.75) is 58.8 Å². The van der Waals surface area contributed by atoms with Gasteiger partial charge >= 0.3 is 6.09 Å². The number of nitrogens with one attached hydrogen (secondary N) is 2. The Morgan fingerprint density at radius 2 is 1.79 bits per heavy atom. The van der Waals surface area contributed by atoms with Crippen LogP contribution in [-0.4, -0.2) is 35.6 Å². The topological polar surface area (TPSA) is 70.7 Å². The molecule has 0 aliphatic carbocycles. The predicted octanol–water partition coefficient (Wildman–Crippen LogP) is 4.63. The molecule has 6 heteroatoms. The lowest BCUT2D eigenvalue weighted by Crippen LogP contribution is -2.33. The zero-order valence-corrected chi connectivity index (χ0v) is 19.7. The number of benzene rings is 2. The fraction of sp³-hybridized carbons (Fsp3) is 0.407. The highest BCUT2D eigenvalue weighted by atomic mass is 16.6. The Kier molecular flexibility index (Phi) is 6.84. The number of nitrogens with zero attached hydrogens (tertiary/aromatic N) is 1. The van der Waals surface area contributed by atoms with Crippen LogP contribution in [0.15, 0.2) is 48.0 Å². The summed E-state index contributed by atoms with van der Waals surface area (Å²) in [5, 5.41) is 6.40. The van der Waals surface area contributed by atoms with Crippen molar-refractivity contribution in [2.75, 3.05) is 13.1 Å². The van der Waals surface area contributed by atoms with E-state index in [9.17, 15) is 9.59 Å². The molecule has 6 nitrogen and oxygen atoms in total. The maximum atomic E-state index is 12.7. The molecule has 0 radical (unpaired) electrons. The van der Waals surface area contributed by atoms with Gasteiger partial charge in [0.05, 0.1) is 6.54 Å². The lowest BCUT2D eigenvalue weighted by atomic mass is 10.0. The minimum atomic E-state index is -0.526. The molecule has 0 aromatic heterocycles. The monoisotopic (exact) mass is 447 g/mol. The number of fused-ring (bicyclic) bond motifs is 1. The summed E-state index contributed by atoms with van der Waals surface area (Å²) in [7, 11) is 0. The molecule has 0 unspecified atom stereocenters. The van der Waals surface area contributed by atoms with E-state index in [1.165, 1.54) is 5.57 Å². The van der Waals surface area contributed by atoms with E-state index in [2.05, 4.69) is 16.7 Å². The van der Waals surface area contributed by atoms with Crippen LogP contribution in [0.1, 0.15) is 66.2 Å². The third kappa shape index (κ3) is 6.02. The van der Waals surface area contributed by atoms with Gasteiger partial charge in [0.1, 0.15) is 5.60 Å². The van der Waals surface area contributed by atoms with E-state index in [0.717, 1.165) is 48.2 Å². The van der Waals surface area contributed by atoms with Crippen molar-refractivity contribution in [1.29, 1.82) is 0 Å². The van der Waals surface area contributed by atoms with Crippen LogP contribution >= 0.6 is 0 Å². The summed E-state index contributed by atoms with van der Waals surface area (Å²) in [6.07, 6.45) is 4.07. The molecular formula is C27H33N3O3. The first-order chi connectivity index (χ1) is 15.8. The number of carbonyl (C=O) groups excluding carboxylic acids is 2. The summed E-state index contributed by atoms with van der Waals surface area (Å²) in [4.78, 5) is 26.9. The van der Waals surface area contributed by atoms with Gasteiger partial charge < -0.3 is 15.4 Å². The highest BCUT2D eigenvalue weighted by molar-refractivity contribution is 5.94. The summed E-state index contributed by atoms with van der Waals surface area (Å²) < 4.78 is 5.52. The fourth-order valence-electron chi connectivity index (χ4n) is 4.25. The molecule has 1 saturated heterocycles. The first-order valence-corrected chi connectivity index (χ1v) is 11.6. The van der Waals surface area contributed by atoms with Crippen LogP contribution in [0.3, 0.4) is 0 Å². The molecule has 2 aromatic rings. The van der Waals surface area contributed by atoms with E-state index in [1.807, 2.05) is 63.2 Å². The normalized spacial score (nSPS) is 15.7. The van der Waals surface area contributed by atoms with Crippen molar-refractivity contribution < 1.29 is 14.3 Å². The van der Waals surface area contributed by atoms with Gasteiger partial charge in [-0.05, 0) is 81.1 Å². The van der Waals surface area contributed by atoms with Gasteiger partial charge in [-0.15, -0.1) is 0 Å². The van der Waals surface area contributed by atoms with Crippen LogP contribution in [0.2, 0.25) is 0 Å². The molecule has 33 heavy (non-hydrogen) atoms. The first kappa shape index (κ1) is 23.1. The first-order valence-electron chi connectivity index (χ1n) is 11.6. The highest BCUT2D eigenvalue weighted by Gasteiger charge is 2.29. The van der Waals surface area contributed by atoms with Gasteiger partial charge in [-0.2, -0.15) is 0 Å². The molecule has 2 heterocycles. The fourth-order valence-corrected chi connectivity index (χ4v) is 4.25. The lowest BCUT2D eigenvalue weighted by molar-refractivity contribution is 0.0241. The molecule has 0 atom stereocenters. The maximum Gasteiger partial charge on any atom is 0.410 e. The van der Waals surface area contributed by atoms with Gasteiger partial charge in [0.15, 0.2) is 0 Å². The van der Waals surface area contributed by atoms with Crippen LogP contribution in [0.25, 0.3) is 6.08 Å². The van der Waals surface area contributed by atoms with E-state index in [1.54, 1.807) is 4.90 Å². The molecular weight excluding hydrogens is 414 g/mol. The summed E-state index contributed by atoms with van der Waals surface area (Å²) in [5.41, 5.74) is 5.92. The van der Waals surface area contributed by atoms with Crippen molar-refractivity contribution >= 4 is 18.1 Å².